The fourth-order valence-corrected chi connectivity index (χ4v) is 2.30. The predicted molar refractivity (Wildman–Crippen MR) is 76.8 cm³/mol. The van der Waals surface area contributed by atoms with Crippen LogP contribution in [-0.4, -0.2) is 17.1 Å². The zero-order chi connectivity index (χ0) is 13.8. The smallest absolute Gasteiger partial charge is 0.175 e. The van der Waals surface area contributed by atoms with Crippen molar-refractivity contribution in [2.75, 3.05) is 7.11 Å². The highest BCUT2D eigenvalue weighted by molar-refractivity contribution is 9.10. The van der Waals surface area contributed by atoms with Gasteiger partial charge in [-0.25, -0.2) is 9.97 Å². The first-order valence-corrected chi connectivity index (χ1v) is 6.72. The van der Waals surface area contributed by atoms with E-state index in [1.54, 1.807) is 13.2 Å². The largest absolute Gasteiger partial charge is 0.493 e. The molecule has 0 aliphatic rings. The SMILES string of the molecule is COc1cccc(Br)c1OCc1nc(C)cc(Cl)n1. The Morgan fingerprint density at radius 3 is 2.79 bits per heavy atom. The monoisotopic (exact) mass is 342 g/mol. The molecule has 0 radical (unpaired) electrons. The van der Waals surface area contributed by atoms with Gasteiger partial charge in [-0.2, -0.15) is 0 Å². The summed E-state index contributed by atoms with van der Waals surface area (Å²) in [4.78, 5) is 8.37. The third-order valence-electron chi connectivity index (χ3n) is 2.37. The van der Waals surface area contributed by atoms with Crippen molar-refractivity contribution in [2.24, 2.45) is 0 Å². The minimum Gasteiger partial charge on any atom is -0.493 e. The second-order valence-electron chi connectivity index (χ2n) is 3.81. The van der Waals surface area contributed by atoms with Crippen LogP contribution < -0.4 is 9.47 Å². The standard InChI is InChI=1S/C13H12BrClN2O2/c1-8-6-11(15)17-12(16-8)7-19-13-9(14)4-3-5-10(13)18-2/h3-6H,7H2,1-2H3. The molecule has 0 spiro atoms. The molecule has 0 atom stereocenters. The number of hydrogen-bond donors (Lipinski definition) is 0. The van der Waals surface area contributed by atoms with Crippen LogP contribution in [0.5, 0.6) is 11.5 Å². The second-order valence-corrected chi connectivity index (χ2v) is 5.05. The van der Waals surface area contributed by atoms with Crippen molar-refractivity contribution in [1.29, 1.82) is 0 Å². The Bertz CT molecular complexity index is 573. The van der Waals surface area contributed by atoms with E-state index in [4.69, 9.17) is 21.1 Å². The summed E-state index contributed by atoms with van der Waals surface area (Å²) in [7, 11) is 1.59. The van der Waals surface area contributed by atoms with E-state index >= 15 is 0 Å². The van der Waals surface area contributed by atoms with Gasteiger partial charge in [-0.05, 0) is 41.1 Å². The average Bonchev–Trinajstić information content (AvgIpc) is 2.36. The van der Waals surface area contributed by atoms with Gasteiger partial charge in [0.15, 0.2) is 17.3 Å². The number of methoxy groups -OCH3 is 1. The van der Waals surface area contributed by atoms with Gasteiger partial charge in [0.2, 0.25) is 0 Å². The molecule has 4 nitrogen and oxygen atoms in total. The predicted octanol–water partition coefficient (Wildman–Crippen LogP) is 3.79. The number of halogens is 2. The number of rotatable bonds is 4. The summed E-state index contributed by atoms with van der Waals surface area (Å²) in [6.07, 6.45) is 0. The molecule has 19 heavy (non-hydrogen) atoms. The summed E-state index contributed by atoms with van der Waals surface area (Å²) in [6, 6.07) is 7.27. The van der Waals surface area contributed by atoms with Gasteiger partial charge in [-0.15, -0.1) is 0 Å². The Labute approximate surface area is 124 Å². The lowest BCUT2D eigenvalue weighted by molar-refractivity contribution is 0.274. The quantitative estimate of drug-likeness (QED) is 0.792. The molecule has 0 aliphatic heterocycles. The highest BCUT2D eigenvalue weighted by atomic mass is 79.9. The summed E-state index contributed by atoms with van der Waals surface area (Å²) < 4.78 is 11.8. The van der Waals surface area contributed by atoms with Gasteiger partial charge in [0.05, 0.1) is 11.6 Å². The normalized spacial score (nSPS) is 10.3. The van der Waals surface area contributed by atoms with Crippen molar-refractivity contribution in [1.82, 2.24) is 9.97 Å². The summed E-state index contributed by atoms with van der Waals surface area (Å²) in [6.45, 7) is 2.08. The van der Waals surface area contributed by atoms with Gasteiger partial charge < -0.3 is 9.47 Å². The highest BCUT2D eigenvalue weighted by Gasteiger charge is 2.10. The first-order valence-electron chi connectivity index (χ1n) is 5.55. The molecule has 0 fully saturated rings. The molecule has 0 saturated heterocycles. The second kappa shape index (κ2) is 6.21. The third kappa shape index (κ3) is 3.58. The third-order valence-corrected chi connectivity index (χ3v) is 3.18. The van der Waals surface area contributed by atoms with Crippen molar-refractivity contribution in [3.63, 3.8) is 0 Å². The number of nitrogens with zero attached hydrogens (tertiary/aromatic N) is 2. The average molecular weight is 344 g/mol. The fraction of sp³-hybridized carbons (Fsp3) is 0.231. The van der Waals surface area contributed by atoms with Crippen molar-refractivity contribution < 1.29 is 9.47 Å². The molecule has 2 aromatic rings. The minimum atomic E-state index is 0.223. The van der Waals surface area contributed by atoms with E-state index in [0.717, 1.165) is 10.2 Å². The number of aromatic nitrogens is 2. The van der Waals surface area contributed by atoms with E-state index in [1.807, 2.05) is 25.1 Å². The molecule has 0 N–H and O–H groups in total. The van der Waals surface area contributed by atoms with Gasteiger partial charge in [0.25, 0.3) is 0 Å². The van der Waals surface area contributed by atoms with Crippen LogP contribution in [-0.2, 0) is 6.61 Å². The van der Waals surface area contributed by atoms with Crippen molar-refractivity contribution >= 4 is 27.5 Å². The summed E-state index contributed by atoms with van der Waals surface area (Å²) >= 11 is 9.30. The lowest BCUT2D eigenvalue weighted by Crippen LogP contribution is -2.04. The maximum absolute atomic E-state index is 5.88. The van der Waals surface area contributed by atoms with Crippen molar-refractivity contribution in [3.8, 4) is 11.5 Å². The van der Waals surface area contributed by atoms with E-state index in [9.17, 15) is 0 Å². The molecular formula is C13H12BrClN2O2. The highest BCUT2D eigenvalue weighted by Crippen LogP contribution is 2.35. The Balaban J connectivity index is 2.18. The fourth-order valence-electron chi connectivity index (χ4n) is 1.58. The van der Waals surface area contributed by atoms with Crippen molar-refractivity contribution in [2.45, 2.75) is 13.5 Å². The number of ether oxygens (including phenoxy) is 2. The van der Waals surface area contributed by atoms with Crippen LogP contribution in [0.1, 0.15) is 11.5 Å². The topological polar surface area (TPSA) is 44.2 Å². The Kier molecular flexibility index (Phi) is 4.61. The number of para-hydroxylation sites is 1. The van der Waals surface area contributed by atoms with Crippen LogP contribution in [0.4, 0.5) is 0 Å². The minimum absolute atomic E-state index is 0.223. The molecule has 0 aliphatic carbocycles. The molecule has 0 amide bonds. The van der Waals surface area contributed by atoms with Crippen molar-refractivity contribution in [3.05, 3.63) is 45.4 Å². The Morgan fingerprint density at radius 1 is 1.32 bits per heavy atom. The molecule has 1 heterocycles. The maximum atomic E-state index is 5.88. The van der Waals surface area contributed by atoms with Gasteiger partial charge in [-0.3, -0.25) is 0 Å². The molecule has 0 unspecified atom stereocenters. The Morgan fingerprint density at radius 2 is 2.11 bits per heavy atom. The molecular weight excluding hydrogens is 332 g/mol. The lowest BCUT2D eigenvalue weighted by Gasteiger charge is -2.11. The number of hydrogen-bond acceptors (Lipinski definition) is 4. The molecule has 1 aromatic heterocycles. The molecule has 0 bridgehead atoms. The van der Waals surface area contributed by atoms with E-state index in [2.05, 4.69) is 25.9 Å². The number of benzene rings is 1. The van der Waals surface area contributed by atoms with E-state index < -0.39 is 0 Å². The van der Waals surface area contributed by atoms with Crippen LogP contribution in [0.25, 0.3) is 0 Å². The van der Waals surface area contributed by atoms with E-state index in [-0.39, 0.29) is 6.61 Å². The lowest BCUT2D eigenvalue weighted by atomic mass is 10.3. The summed E-state index contributed by atoms with van der Waals surface area (Å²) in [5.74, 6) is 1.79. The zero-order valence-corrected chi connectivity index (χ0v) is 12.8. The Hall–Kier alpha value is -1.33. The van der Waals surface area contributed by atoms with Crippen LogP contribution in [0.15, 0.2) is 28.7 Å². The number of aryl methyl sites for hydroxylation is 1. The molecule has 100 valence electrons. The zero-order valence-electron chi connectivity index (χ0n) is 10.5. The van der Waals surface area contributed by atoms with Gasteiger partial charge in [0.1, 0.15) is 11.8 Å². The van der Waals surface area contributed by atoms with Crippen LogP contribution in [0.3, 0.4) is 0 Å². The van der Waals surface area contributed by atoms with Gasteiger partial charge in [0, 0.05) is 5.69 Å². The molecule has 1 aromatic carbocycles. The van der Waals surface area contributed by atoms with E-state index in [1.165, 1.54) is 0 Å². The molecule has 0 saturated carbocycles. The van der Waals surface area contributed by atoms with Gasteiger partial charge >= 0.3 is 0 Å². The van der Waals surface area contributed by atoms with Crippen LogP contribution in [0, 0.1) is 6.92 Å². The van der Waals surface area contributed by atoms with Gasteiger partial charge in [-0.1, -0.05) is 17.7 Å². The first kappa shape index (κ1) is 14.1. The van der Waals surface area contributed by atoms with Crippen LogP contribution >= 0.6 is 27.5 Å². The summed E-state index contributed by atoms with van der Waals surface area (Å²) in [5.41, 5.74) is 0.803. The molecule has 6 heteroatoms. The maximum Gasteiger partial charge on any atom is 0.175 e. The summed E-state index contributed by atoms with van der Waals surface area (Å²) in [5, 5.41) is 0.408. The van der Waals surface area contributed by atoms with E-state index in [0.29, 0.717) is 22.5 Å². The first-order chi connectivity index (χ1) is 9.10. The molecule has 2 rings (SSSR count). The van der Waals surface area contributed by atoms with Crippen LogP contribution in [0.2, 0.25) is 5.15 Å².